The molecule has 0 aromatic heterocycles. The monoisotopic (exact) mass is 198 g/mol. The fraction of sp³-hybridized carbons (Fsp3) is 0.857. The van der Waals surface area contributed by atoms with Crippen LogP contribution in [0.1, 0.15) is 12.8 Å². The Balaban J connectivity index is 3.52. The van der Waals surface area contributed by atoms with E-state index in [2.05, 4.69) is 0 Å². The van der Waals surface area contributed by atoms with E-state index in [0.29, 0.717) is 0 Å². The minimum atomic E-state index is -4.14. The third kappa shape index (κ3) is 9.13. The molecule has 0 aliphatic rings. The molecule has 0 aliphatic carbocycles. The van der Waals surface area contributed by atoms with E-state index in [4.69, 9.17) is 5.73 Å². The molecule has 1 amide bonds. The van der Waals surface area contributed by atoms with Crippen LogP contribution in [0.25, 0.3) is 0 Å². The van der Waals surface area contributed by atoms with Gasteiger partial charge in [-0.05, 0) is 7.05 Å². The van der Waals surface area contributed by atoms with Gasteiger partial charge in [0.25, 0.3) is 0 Å². The fourth-order valence-electron chi connectivity index (χ4n) is 0.730. The molecule has 0 atom stereocenters. The summed E-state index contributed by atoms with van der Waals surface area (Å²) in [6, 6.07) is 0. The molecule has 0 rings (SSSR count). The van der Waals surface area contributed by atoms with Crippen LogP contribution in [0.15, 0.2) is 0 Å². The molecule has 0 saturated carbocycles. The van der Waals surface area contributed by atoms with E-state index in [9.17, 15) is 18.0 Å². The highest BCUT2D eigenvalue weighted by Gasteiger charge is 2.26. The molecular weight excluding hydrogens is 185 g/mol. The van der Waals surface area contributed by atoms with Crippen molar-refractivity contribution in [2.75, 3.05) is 20.1 Å². The number of rotatable bonds is 5. The van der Waals surface area contributed by atoms with E-state index in [1.807, 2.05) is 0 Å². The molecule has 78 valence electrons. The molecule has 0 aromatic rings. The zero-order chi connectivity index (χ0) is 10.5. The SMILES string of the molecule is CN(CCC(N)=O)CCC(F)(F)F. The summed E-state index contributed by atoms with van der Waals surface area (Å²) in [6.45, 7) is 0.169. The molecule has 0 unspecified atom stereocenters. The van der Waals surface area contributed by atoms with Crippen LogP contribution in [0.5, 0.6) is 0 Å². The van der Waals surface area contributed by atoms with Crippen LogP contribution in [-0.4, -0.2) is 37.1 Å². The van der Waals surface area contributed by atoms with E-state index in [1.165, 1.54) is 11.9 Å². The van der Waals surface area contributed by atoms with Gasteiger partial charge in [0.05, 0.1) is 6.42 Å². The van der Waals surface area contributed by atoms with E-state index in [0.717, 1.165) is 0 Å². The molecule has 0 heterocycles. The number of carbonyl (C=O) groups is 1. The van der Waals surface area contributed by atoms with E-state index in [-0.39, 0.29) is 19.5 Å². The zero-order valence-electron chi connectivity index (χ0n) is 7.40. The highest BCUT2D eigenvalue weighted by atomic mass is 19.4. The summed E-state index contributed by atoms with van der Waals surface area (Å²) in [5, 5.41) is 0. The Morgan fingerprint density at radius 1 is 1.38 bits per heavy atom. The van der Waals surface area contributed by atoms with Crippen molar-refractivity contribution in [3.05, 3.63) is 0 Å². The number of carbonyl (C=O) groups excluding carboxylic acids is 1. The van der Waals surface area contributed by atoms with Crippen LogP contribution in [0.2, 0.25) is 0 Å². The lowest BCUT2D eigenvalue weighted by molar-refractivity contribution is -0.137. The Morgan fingerprint density at radius 2 is 1.92 bits per heavy atom. The quantitative estimate of drug-likeness (QED) is 0.708. The Hall–Kier alpha value is -0.780. The first-order valence-electron chi connectivity index (χ1n) is 3.85. The maximum Gasteiger partial charge on any atom is 0.390 e. The average Bonchev–Trinajstić information content (AvgIpc) is 1.95. The molecule has 13 heavy (non-hydrogen) atoms. The van der Waals surface area contributed by atoms with Crippen molar-refractivity contribution in [2.24, 2.45) is 5.73 Å². The number of hydrogen-bond donors (Lipinski definition) is 1. The zero-order valence-corrected chi connectivity index (χ0v) is 7.40. The number of halogens is 3. The normalized spacial score (nSPS) is 12.1. The highest BCUT2D eigenvalue weighted by Crippen LogP contribution is 2.19. The molecule has 0 fully saturated rings. The lowest BCUT2D eigenvalue weighted by Gasteiger charge is -2.16. The lowest BCUT2D eigenvalue weighted by Crippen LogP contribution is -2.28. The molecule has 3 nitrogen and oxygen atoms in total. The van der Waals surface area contributed by atoms with E-state index < -0.39 is 18.5 Å². The Bertz CT molecular complexity index is 170. The second kappa shape index (κ2) is 5.06. The number of nitrogens with two attached hydrogens (primary N) is 1. The molecule has 2 N–H and O–H groups in total. The second-order valence-corrected chi connectivity index (χ2v) is 2.88. The number of nitrogens with zero attached hydrogens (tertiary/aromatic N) is 1. The molecular formula is C7H13F3N2O. The van der Waals surface area contributed by atoms with Gasteiger partial charge in [-0.2, -0.15) is 13.2 Å². The van der Waals surface area contributed by atoms with Crippen LogP contribution in [-0.2, 0) is 4.79 Å². The molecule has 0 spiro atoms. The minimum absolute atomic E-state index is 0.0916. The third-order valence-corrected chi connectivity index (χ3v) is 1.52. The summed E-state index contributed by atoms with van der Waals surface area (Å²) in [7, 11) is 1.52. The maximum atomic E-state index is 11.7. The van der Waals surface area contributed by atoms with Gasteiger partial charge in [-0.25, -0.2) is 0 Å². The van der Waals surface area contributed by atoms with Gasteiger partial charge >= 0.3 is 6.18 Å². The van der Waals surface area contributed by atoms with Crippen molar-refractivity contribution < 1.29 is 18.0 Å². The first kappa shape index (κ1) is 12.2. The largest absolute Gasteiger partial charge is 0.390 e. The van der Waals surface area contributed by atoms with Crippen LogP contribution in [0, 0.1) is 0 Å². The van der Waals surface area contributed by atoms with Gasteiger partial charge < -0.3 is 10.6 Å². The minimum Gasteiger partial charge on any atom is -0.370 e. The molecule has 0 radical (unpaired) electrons. The van der Waals surface area contributed by atoms with Crippen molar-refractivity contribution in [3.63, 3.8) is 0 Å². The van der Waals surface area contributed by atoms with Crippen LogP contribution in [0.4, 0.5) is 13.2 Å². The van der Waals surface area contributed by atoms with Crippen molar-refractivity contribution >= 4 is 5.91 Å². The van der Waals surface area contributed by atoms with Crippen LogP contribution >= 0.6 is 0 Å². The fourth-order valence-corrected chi connectivity index (χ4v) is 0.730. The maximum absolute atomic E-state index is 11.7. The molecule has 0 aliphatic heterocycles. The standard InChI is InChI=1S/C7H13F3N2O/c1-12(4-2-6(11)13)5-3-7(8,9)10/h2-5H2,1H3,(H2,11,13). The van der Waals surface area contributed by atoms with Gasteiger partial charge in [-0.1, -0.05) is 0 Å². The summed E-state index contributed by atoms with van der Waals surface area (Å²) in [5.41, 5.74) is 4.83. The van der Waals surface area contributed by atoms with E-state index in [1.54, 1.807) is 0 Å². The van der Waals surface area contributed by atoms with Gasteiger partial charge in [0.2, 0.25) is 5.91 Å². The van der Waals surface area contributed by atoms with Crippen LogP contribution < -0.4 is 5.73 Å². The summed E-state index contributed by atoms with van der Waals surface area (Å²) < 4.78 is 35.1. The van der Waals surface area contributed by atoms with Crippen molar-refractivity contribution in [2.45, 2.75) is 19.0 Å². The lowest BCUT2D eigenvalue weighted by atomic mass is 10.3. The summed E-state index contributed by atoms with van der Waals surface area (Å²) in [6.07, 6.45) is -4.91. The summed E-state index contributed by atoms with van der Waals surface area (Å²) in [4.78, 5) is 11.7. The summed E-state index contributed by atoms with van der Waals surface area (Å²) in [5.74, 6) is -0.501. The molecule has 6 heteroatoms. The number of amides is 1. The van der Waals surface area contributed by atoms with Crippen LogP contribution in [0.3, 0.4) is 0 Å². The predicted molar refractivity (Wildman–Crippen MR) is 42.0 cm³/mol. The van der Waals surface area contributed by atoms with Gasteiger partial charge in [0.15, 0.2) is 0 Å². The van der Waals surface area contributed by atoms with Gasteiger partial charge in [-0.15, -0.1) is 0 Å². The first-order chi connectivity index (χ1) is 5.81. The van der Waals surface area contributed by atoms with Crippen molar-refractivity contribution in [1.82, 2.24) is 4.90 Å². The number of alkyl halides is 3. The molecule has 0 aromatic carbocycles. The predicted octanol–water partition coefficient (Wildman–Crippen LogP) is 0.746. The number of hydrogen-bond acceptors (Lipinski definition) is 2. The smallest absolute Gasteiger partial charge is 0.370 e. The topological polar surface area (TPSA) is 46.3 Å². The average molecular weight is 198 g/mol. The molecule has 0 bridgehead atoms. The Labute approximate surface area is 74.7 Å². The van der Waals surface area contributed by atoms with E-state index >= 15 is 0 Å². The molecule has 0 saturated heterocycles. The highest BCUT2D eigenvalue weighted by molar-refractivity contribution is 5.73. The Morgan fingerprint density at radius 3 is 2.31 bits per heavy atom. The van der Waals surface area contributed by atoms with Gasteiger partial charge in [-0.3, -0.25) is 4.79 Å². The number of primary amides is 1. The van der Waals surface area contributed by atoms with Gasteiger partial charge in [0, 0.05) is 19.5 Å². The third-order valence-electron chi connectivity index (χ3n) is 1.52. The Kier molecular flexibility index (Phi) is 4.76. The van der Waals surface area contributed by atoms with Crippen molar-refractivity contribution in [3.8, 4) is 0 Å². The second-order valence-electron chi connectivity index (χ2n) is 2.88. The first-order valence-corrected chi connectivity index (χ1v) is 3.85. The van der Waals surface area contributed by atoms with Gasteiger partial charge in [0.1, 0.15) is 0 Å². The van der Waals surface area contributed by atoms with Crippen molar-refractivity contribution in [1.29, 1.82) is 0 Å². The summed E-state index contributed by atoms with van der Waals surface area (Å²) >= 11 is 0.